The molecule has 0 amide bonds. The Hall–Kier alpha value is -1.44. The van der Waals surface area contributed by atoms with Crippen LogP contribution >= 0.6 is 0 Å². The van der Waals surface area contributed by atoms with Gasteiger partial charge in [0.1, 0.15) is 5.82 Å². The zero-order valence-corrected chi connectivity index (χ0v) is 7.67. The molecule has 0 saturated heterocycles. The zero-order chi connectivity index (χ0) is 9.84. The predicted octanol–water partition coefficient (Wildman–Crippen LogP) is 2.82. The van der Waals surface area contributed by atoms with E-state index in [2.05, 4.69) is 0 Å². The topological polar surface area (TPSA) is 17.1 Å². The molecule has 0 spiro atoms. The molecule has 0 aliphatic rings. The minimum Gasteiger partial charge on any atom is -0.295 e. The maximum atomic E-state index is 12.5. The van der Waals surface area contributed by atoms with Crippen LogP contribution in [0.25, 0.3) is 5.57 Å². The Kier molecular flexibility index (Phi) is 2.96. The summed E-state index contributed by atoms with van der Waals surface area (Å²) < 4.78 is 12.5. The van der Waals surface area contributed by atoms with Crippen LogP contribution in [0.15, 0.2) is 30.3 Å². The number of hydrogen-bond donors (Lipinski definition) is 0. The molecule has 0 atom stereocenters. The third-order valence-electron chi connectivity index (χ3n) is 1.72. The van der Waals surface area contributed by atoms with E-state index in [0.29, 0.717) is 0 Å². The Morgan fingerprint density at radius 2 is 1.77 bits per heavy atom. The normalized spacial score (nSPS) is 11.5. The molecule has 1 rings (SSSR count). The van der Waals surface area contributed by atoms with Gasteiger partial charge >= 0.3 is 0 Å². The van der Waals surface area contributed by atoms with Crippen LogP contribution in [0.5, 0.6) is 0 Å². The first kappa shape index (κ1) is 9.65. The first-order valence-corrected chi connectivity index (χ1v) is 4.04. The Morgan fingerprint density at radius 3 is 2.23 bits per heavy atom. The summed E-state index contributed by atoms with van der Waals surface area (Å²) >= 11 is 0. The van der Waals surface area contributed by atoms with Gasteiger partial charge in [0, 0.05) is 0 Å². The van der Waals surface area contributed by atoms with Crippen molar-refractivity contribution in [1.82, 2.24) is 0 Å². The van der Waals surface area contributed by atoms with Gasteiger partial charge in [0.15, 0.2) is 5.78 Å². The molecule has 0 aromatic heterocycles. The maximum Gasteiger partial charge on any atom is 0.152 e. The average Bonchev–Trinajstić information content (AvgIpc) is 2.04. The average molecular weight is 178 g/mol. The number of allylic oxidation sites excluding steroid dienone is 2. The summed E-state index contributed by atoms with van der Waals surface area (Å²) in [5, 5.41) is 0. The Labute approximate surface area is 76.9 Å². The first-order chi connectivity index (χ1) is 6.09. The van der Waals surface area contributed by atoms with E-state index in [9.17, 15) is 9.18 Å². The van der Waals surface area contributed by atoms with E-state index in [4.69, 9.17) is 0 Å². The summed E-state index contributed by atoms with van der Waals surface area (Å²) in [5.74, 6) is -0.263. The first-order valence-electron chi connectivity index (χ1n) is 4.04. The van der Waals surface area contributed by atoms with Crippen LogP contribution < -0.4 is 0 Å². The fourth-order valence-corrected chi connectivity index (χ4v) is 1.10. The largest absolute Gasteiger partial charge is 0.295 e. The van der Waals surface area contributed by atoms with Gasteiger partial charge in [-0.3, -0.25) is 4.79 Å². The lowest BCUT2D eigenvalue weighted by atomic mass is 10.1. The summed E-state index contributed by atoms with van der Waals surface area (Å²) in [5.41, 5.74) is 1.73. The van der Waals surface area contributed by atoms with Crippen molar-refractivity contribution < 1.29 is 9.18 Å². The summed E-state index contributed by atoms with van der Waals surface area (Å²) in [6.07, 6.45) is 1.53. The predicted molar refractivity (Wildman–Crippen MR) is 50.7 cm³/mol. The molecule has 0 radical (unpaired) electrons. The van der Waals surface area contributed by atoms with Crippen molar-refractivity contribution in [3.8, 4) is 0 Å². The van der Waals surface area contributed by atoms with Crippen molar-refractivity contribution >= 4 is 11.4 Å². The van der Waals surface area contributed by atoms with Gasteiger partial charge in [-0.25, -0.2) is 4.39 Å². The highest BCUT2D eigenvalue weighted by molar-refractivity contribution is 5.94. The Bertz CT molecular complexity index is 336. The Morgan fingerprint density at radius 1 is 1.23 bits per heavy atom. The molecule has 0 aliphatic carbocycles. The van der Waals surface area contributed by atoms with Crippen LogP contribution in [0.1, 0.15) is 19.4 Å². The molecule has 68 valence electrons. The van der Waals surface area contributed by atoms with Gasteiger partial charge in [-0.15, -0.1) is 0 Å². The number of hydrogen-bond acceptors (Lipinski definition) is 1. The molecular formula is C11H11FO. The molecule has 1 nitrogen and oxygen atoms in total. The molecule has 0 heterocycles. The standard InChI is InChI=1S/C11H11FO/c1-8(7-9(2)13)10-3-5-11(12)6-4-10/h3-7H,1-2H3/b8-7+. The monoisotopic (exact) mass is 178 g/mol. The van der Waals surface area contributed by atoms with Gasteiger partial charge in [-0.1, -0.05) is 12.1 Å². The van der Waals surface area contributed by atoms with Crippen LogP contribution in [-0.2, 0) is 4.79 Å². The van der Waals surface area contributed by atoms with Crippen molar-refractivity contribution in [2.45, 2.75) is 13.8 Å². The van der Waals surface area contributed by atoms with Crippen molar-refractivity contribution in [2.24, 2.45) is 0 Å². The maximum absolute atomic E-state index is 12.5. The number of halogens is 1. The van der Waals surface area contributed by atoms with Crippen molar-refractivity contribution in [2.75, 3.05) is 0 Å². The minimum atomic E-state index is -0.264. The zero-order valence-electron chi connectivity index (χ0n) is 7.67. The summed E-state index contributed by atoms with van der Waals surface area (Å²) in [4.78, 5) is 10.7. The number of carbonyl (C=O) groups excluding carboxylic acids is 1. The number of benzene rings is 1. The van der Waals surface area contributed by atoms with E-state index in [1.54, 1.807) is 12.1 Å². The van der Waals surface area contributed by atoms with Gasteiger partial charge in [0.05, 0.1) is 0 Å². The highest BCUT2D eigenvalue weighted by Crippen LogP contribution is 2.13. The lowest BCUT2D eigenvalue weighted by Gasteiger charge is -1.99. The fourth-order valence-electron chi connectivity index (χ4n) is 1.10. The van der Waals surface area contributed by atoms with E-state index >= 15 is 0 Å². The van der Waals surface area contributed by atoms with E-state index in [1.807, 2.05) is 6.92 Å². The van der Waals surface area contributed by atoms with Crippen LogP contribution in [-0.4, -0.2) is 5.78 Å². The molecule has 2 heteroatoms. The van der Waals surface area contributed by atoms with Gasteiger partial charge in [-0.05, 0) is 43.2 Å². The van der Waals surface area contributed by atoms with Crippen molar-refractivity contribution in [1.29, 1.82) is 0 Å². The van der Waals surface area contributed by atoms with Gasteiger partial charge in [-0.2, -0.15) is 0 Å². The summed E-state index contributed by atoms with van der Waals surface area (Å²) in [7, 11) is 0. The fraction of sp³-hybridized carbons (Fsp3) is 0.182. The third-order valence-corrected chi connectivity index (χ3v) is 1.72. The molecule has 0 saturated carbocycles. The Balaban J connectivity index is 2.96. The lowest BCUT2D eigenvalue weighted by Crippen LogP contribution is -1.86. The molecule has 1 aromatic carbocycles. The van der Waals surface area contributed by atoms with Crippen LogP contribution in [0.3, 0.4) is 0 Å². The smallest absolute Gasteiger partial charge is 0.152 e. The summed E-state index contributed by atoms with van der Waals surface area (Å²) in [6, 6.07) is 6.08. The molecular weight excluding hydrogens is 167 g/mol. The SMILES string of the molecule is CC(=O)/C=C(\C)c1ccc(F)cc1. The quantitative estimate of drug-likeness (QED) is 0.636. The van der Waals surface area contributed by atoms with E-state index < -0.39 is 0 Å². The van der Waals surface area contributed by atoms with Crippen LogP contribution in [0, 0.1) is 5.82 Å². The van der Waals surface area contributed by atoms with Gasteiger partial charge < -0.3 is 0 Å². The molecule has 0 aliphatic heterocycles. The second-order valence-corrected chi connectivity index (χ2v) is 2.94. The number of ketones is 1. The third kappa shape index (κ3) is 2.82. The van der Waals surface area contributed by atoms with E-state index in [-0.39, 0.29) is 11.6 Å². The van der Waals surface area contributed by atoms with Crippen molar-refractivity contribution in [3.05, 3.63) is 41.7 Å². The lowest BCUT2D eigenvalue weighted by molar-refractivity contribution is -0.112. The van der Waals surface area contributed by atoms with Crippen LogP contribution in [0.2, 0.25) is 0 Å². The van der Waals surface area contributed by atoms with Gasteiger partial charge in [0.2, 0.25) is 0 Å². The highest BCUT2D eigenvalue weighted by atomic mass is 19.1. The molecule has 0 unspecified atom stereocenters. The van der Waals surface area contributed by atoms with Crippen LogP contribution in [0.4, 0.5) is 4.39 Å². The van der Waals surface area contributed by atoms with Gasteiger partial charge in [0.25, 0.3) is 0 Å². The molecule has 0 N–H and O–H groups in total. The van der Waals surface area contributed by atoms with E-state index in [1.165, 1.54) is 25.1 Å². The second kappa shape index (κ2) is 3.99. The minimum absolute atomic E-state index is 0.00169. The molecule has 0 bridgehead atoms. The molecule has 0 fully saturated rings. The van der Waals surface area contributed by atoms with Crippen molar-refractivity contribution in [3.63, 3.8) is 0 Å². The number of carbonyl (C=O) groups is 1. The highest BCUT2D eigenvalue weighted by Gasteiger charge is 1.96. The summed E-state index contributed by atoms with van der Waals surface area (Å²) in [6.45, 7) is 3.32. The molecule has 1 aromatic rings. The molecule has 13 heavy (non-hydrogen) atoms. The number of rotatable bonds is 2. The second-order valence-electron chi connectivity index (χ2n) is 2.94. The van der Waals surface area contributed by atoms with E-state index in [0.717, 1.165) is 11.1 Å².